The first-order valence-corrected chi connectivity index (χ1v) is 17.2. The summed E-state index contributed by atoms with van der Waals surface area (Å²) in [5.74, 6) is 0. The van der Waals surface area contributed by atoms with Crippen molar-refractivity contribution in [3.8, 4) is 33.4 Å². The summed E-state index contributed by atoms with van der Waals surface area (Å²) in [6.45, 7) is 0. The lowest BCUT2D eigenvalue weighted by molar-refractivity contribution is 0.668. The van der Waals surface area contributed by atoms with Crippen LogP contribution in [0.15, 0.2) is 197 Å². The molecule has 0 amide bonds. The molecule has 3 heteroatoms. The highest BCUT2D eigenvalue weighted by Crippen LogP contribution is 2.44. The van der Waals surface area contributed by atoms with E-state index < -0.39 is 0 Å². The summed E-state index contributed by atoms with van der Waals surface area (Å²) in [6.07, 6.45) is 0. The molecule has 0 bridgehead atoms. The molecule has 2 heterocycles. The Labute approximate surface area is 295 Å². The van der Waals surface area contributed by atoms with E-state index in [4.69, 9.17) is 8.83 Å². The third-order valence-electron chi connectivity index (χ3n) is 9.87. The van der Waals surface area contributed by atoms with Crippen LogP contribution in [0.4, 0.5) is 17.1 Å². The highest BCUT2D eigenvalue weighted by Gasteiger charge is 2.20. The summed E-state index contributed by atoms with van der Waals surface area (Å²) in [7, 11) is 0. The van der Waals surface area contributed by atoms with Gasteiger partial charge in [-0.3, -0.25) is 0 Å². The van der Waals surface area contributed by atoms with Crippen molar-refractivity contribution in [2.24, 2.45) is 0 Å². The van der Waals surface area contributed by atoms with Crippen LogP contribution >= 0.6 is 0 Å². The first-order valence-electron chi connectivity index (χ1n) is 17.2. The van der Waals surface area contributed by atoms with Gasteiger partial charge in [0.05, 0.1) is 11.1 Å². The van der Waals surface area contributed by atoms with Crippen LogP contribution in [0, 0.1) is 0 Å². The number of hydrogen-bond donors (Lipinski definition) is 0. The van der Waals surface area contributed by atoms with E-state index in [1.165, 1.54) is 16.7 Å². The average molecular weight is 654 g/mol. The first-order chi connectivity index (χ1) is 25.3. The van der Waals surface area contributed by atoms with Gasteiger partial charge in [0.25, 0.3) is 0 Å². The molecular formula is C48H31NO2. The van der Waals surface area contributed by atoms with E-state index in [0.717, 1.165) is 77.6 Å². The lowest BCUT2D eigenvalue weighted by Gasteiger charge is -2.27. The normalized spacial score (nSPS) is 11.5. The maximum absolute atomic E-state index is 6.36. The molecule has 51 heavy (non-hydrogen) atoms. The van der Waals surface area contributed by atoms with Gasteiger partial charge in [0, 0.05) is 27.5 Å². The van der Waals surface area contributed by atoms with Crippen LogP contribution in [0.3, 0.4) is 0 Å². The molecule has 10 aromatic rings. The number of furan rings is 2. The molecule has 0 atom stereocenters. The molecule has 0 unspecified atom stereocenters. The second-order valence-electron chi connectivity index (χ2n) is 12.9. The van der Waals surface area contributed by atoms with Crippen LogP contribution in [0.1, 0.15) is 0 Å². The number of rotatable bonds is 6. The summed E-state index contributed by atoms with van der Waals surface area (Å²) in [6, 6.07) is 66.3. The van der Waals surface area contributed by atoms with Crippen molar-refractivity contribution in [1.29, 1.82) is 0 Å². The molecule has 0 fully saturated rings. The fourth-order valence-corrected chi connectivity index (χ4v) is 7.41. The van der Waals surface area contributed by atoms with Crippen LogP contribution in [0.25, 0.3) is 77.3 Å². The highest BCUT2D eigenvalue weighted by atomic mass is 16.3. The number of benzene rings is 8. The Balaban J connectivity index is 1.11. The van der Waals surface area contributed by atoms with Crippen molar-refractivity contribution < 1.29 is 8.83 Å². The number of nitrogens with zero attached hydrogens (tertiary/aromatic N) is 1. The Morgan fingerprint density at radius 3 is 1.65 bits per heavy atom. The highest BCUT2D eigenvalue weighted by molar-refractivity contribution is 6.13. The van der Waals surface area contributed by atoms with E-state index in [0.29, 0.717) is 0 Å². The lowest BCUT2D eigenvalue weighted by Crippen LogP contribution is -2.10. The Bertz CT molecular complexity index is 2860. The smallest absolute Gasteiger partial charge is 0.137 e. The van der Waals surface area contributed by atoms with Gasteiger partial charge < -0.3 is 13.7 Å². The number of para-hydroxylation sites is 2. The standard InChI is InChI=1S/C48H31NO2/c1-2-11-32(12-3-1)34-13-8-14-35(29-34)36-15-9-16-39(30-36)49(43-19-10-22-46-48(43)42-18-5-7-21-45(42)50-46)38-26-23-33(24-27-38)37-25-28-41-40-17-4-6-20-44(40)51-47(41)31-37/h1-31H. The van der Waals surface area contributed by atoms with Gasteiger partial charge in [-0.1, -0.05) is 121 Å². The van der Waals surface area contributed by atoms with E-state index in [9.17, 15) is 0 Å². The first kappa shape index (κ1) is 29.1. The number of fused-ring (bicyclic) bond motifs is 6. The minimum Gasteiger partial charge on any atom is -0.456 e. The fraction of sp³-hybridized carbons (Fsp3) is 0. The summed E-state index contributed by atoms with van der Waals surface area (Å²) >= 11 is 0. The number of anilines is 3. The van der Waals surface area contributed by atoms with Crippen molar-refractivity contribution in [3.05, 3.63) is 188 Å². The molecule has 0 spiro atoms. The van der Waals surface area contributed by atoms with E-state index in [1.807, 2.05) is 24.3 Å². The average Bonchev–Trinajstić information content (AvgIpc) is 3.77. The topological polar surface area (TPSA) is 29.5 Å². The Morgan fingerprint density at radius 1 is 0.294 bits per heavy atom. The molecule has 240 valence electrons. The Hall–Kier alpha value is -6.84. The minimum absolute atomic E-state index is 0.862. The molecule has 0 saturated carbocycles. The lowest BCUT2D eigenvalue weighted by atomic mass is 9.98. The molecule has 3 nitrogen and oxygen atoms in total. The van der Waals surface area contributed by atoms with Gasteiger partial charge >= 0.3 is 0 Å². The quantitative estimate of drug-likeness (QED) is 0.179. The molecule has 0 aliphatic carbocycles. The van der Waals surface area contributed by atoms with E-state index in [-0.39, 0.29) is 0 Å². The van der Waals surface area contributed by atoms with Crippen molar-refractivity contribution in [1.82, 2.24) is 0 Å². The van der Waals surface area contributed by atoms with Gasteiger partial charge in [-0.05, 0) is 100 Å². The SMILES string of the molecule is c1ccc(-c2cccc(-c3cccc(N(c4ccc(-c5ccc6c(c5)oc5ccccc56)cc4)c4cccc5oc6ccccc6c45)c3)c2)cc1. The molecule has 0 radical (unpaired) electrons. The van der Waals surface area contributed by atoms with Crippen molar-refractivity contribution >= 4 is 60.9 Å². The predicted molar refractivity (Wildman–Crippen MR) is 212 cm³/mol. The zero-order valence-electron chi connectivity index (χ0n) is 27.7. The van der Waals surface area contributed by atoms with Gasteiger partial charge in [0.15, 0.2) is 0 Å². The second-order valence-corrected chi connectivity index (χ2v) is 12.9. The van der Waals surface area contributed by atoms with E-state index >= 15 is 0 Å². The summed E-state index contributed by atoms with van der Waals surface area (Å²) in [4.78, 5) is 2.35. The van der Waals surface area contributed by atoms with Crippen LogP contribution in [-0.4, -0.2) is 0 Å². The molecule has 8 aromatic carbocycles. The molecule has 0 saturated heterocycles. The summed E-state index contributed by atoms with van der Waals surface area (Å²) < 4.78 is 12.6. The van der Waals surface area contributed by atoms with Crippen molar-refractivity contribution in [2.75, 3.05) is 4.90 Å². The van der Waals surface area contributed by atoms with Crippen LogP contribution in [-0.2, 0) is 0 Å². The fourth-order valence-electron chi connectivity index (χ4n) is 7.41. The third kappa shape index (κ3) is 5.06. The van der Waals surface area contributed by atoms with Crippen LogP contribution < -0.4 is 4.90 Å². The Kier molecular flexibility index (Phi) is 6.81. The van der Waals surface area contributed by atoms with Gasteiger partial charge in [-0.15, -0.1) is 0 Å². The Morgan fingerprint density at radius 2 is 0.824 bits per heavy atom. The minimum atomic E-state index is 0.862. The summed E-state index contributed by atoms with van der Waals surface area (Å²) in [5.41, 5.74) is 13.7. The molecule has 0 N–H and O–H groups in total. The molecule has 2 aromatic heterocycles. The molecular weight excluding hydrogens is 623 g/mol. The van der Waals surface area contributed by atoms with Gasteiger partial charge in [0.2, 0.25) is 0 Å². The van der Waals surface area contributed by atoms with Crippen LogP contribution in [0.2, 0.25) is 0 Å². The van der Waals surface area contributed by atoms with E-state index in [1.54, 1.807) is 0 Å². The second kappa shape index (κ2) is 11.9. The maximum Gasteiger partial charge on any atom is 0.137 e. The molecule has 0 aliphatic heterocycles. The van der Waals surface area contributed by atoms with Crippen LogP contribution in [0.5, 0.6) is 0 Å². The predicted octanol–water partition coefficient (Wildman–Crippen LogP) is 14.0. The van der Waals surface area contributed by atoms with Gasteiger partial charge in [-0.2, -0.15) is 0 Å². The van der Waals surface area contributed by atoms with Crippen molar-refractivity contribution in [2.45, 2.75) is 0 Å². The van der Waals surface area contributed by atoms with Gasteiger partial charge in [-0.25, -0.2) is 0 Å². The third-order valence-corrected chi connectivity index (χ3v) is 9.87. The van der Waals surface area contributed by atoms with Crippen molar-refractivity contribution in [3.63, 3.8) is 0 Å². The summed E-state index contributed by atoms with van der Waals surface area (Å²) in [5, 5.41) is 4.45. The molecule has 10 rings (SSSR count). The zero-order chi connectivity index (χ0) is 33.7. The zero-order valence-corrected chi connectivity index (χ0v) is 27.7. The largest absolute Gasteiger partial charge is 0.456 e. The van der Waals surface area contributed by atoms with Gasteiger partial charge in [0.1, 0.15) is 22.3 Å². The maximum atomic E-state index is 6.36. The molecule has 0 aliphatic rings. The monoisotopic (exact) mass is 653 g/mol. The van der Waals surface area contributed by atoms with E-state index in [2.05, 4.69) is 169 Å². The number of hydrogen-bond acceptors (Lipinski definition) is 3.